The summed E-state index contributed by atoms with van der Waals surface area (Å²) in [7, 11) is 0. The van der Waals surface area contributed by atoms with Crippen molar-refractivity contribution in [2.45, 2.75) is 31.5 Å². The van der Waals surface area contributed by atoms with Crippen LogP contribution in [0, 0.1) is 11.3 Å². The molecule has 154 valence electrons. The topological polar surface area (TPSA) is 124 Å². The van der Waals surface area contributed by atoms with Gasteiger partial charge in [0.25, 0.3) is 0 Å². The third-order valence-electron chi connectivity index (χ3n) is 5.57. The SMILES string of the molecule is CC1(C)c2cc(OC[C@@H](O)[C@H](O)CO)ccc2C(=O)c2c1oc1cc(C#N)ccc21. The molecular formula is C23H21NO6. The summed E-state index contributed by atoms with van der Waals surface area (Å²) >= 11 is 0. The van der Waals surface area contributed by atoms with Crippen molar-refractivity contribution >= 4 is 16.8 Å². The molecule has 0 unspecified atom stereocenters. The average molecular weight is 407 g/mol. The predicted molar refractivity (Wildman–Crippen MR) is 108 cm³/mol. The summed E-state index contributed by atoms with van der Waals surface area (Å²) in [6.45, 7) is 3.11. The molecule has 0 saturated heterocycles. The van der Waals surface area contributed by atoms with Gasteiger partial charge in [0.2, 0.25) is 0 Å². The number of rotatable bonds is 5. The molecule has 3 N–H and O–H groups in total. The molecule has 2 atom stereocenters. The fourth-order valence-electron chi connectivity index (χ4n) is 3.83. The molecule has 4 rings (SSSR count). The third kappa shape index (κ3) is 3.06. The predicted octanol–water partition coefficient (Wildman–Crippen LogP) is 2.27. The Morgan fingerprint density at radius 1 is 1.17 bits per heavy atom. The van der Waals surface area contributed by atoms with E-state index in [1.165, 1.54) is 0 Å². The van der Waals surface area contributed by atoms with Gasteiger partial charge < -0.3 is 24.5 Å². The van der Waals surface area contributed by atoms with Crippen molar-refractivity contribution < 1.29 is 29.3 Å². The Morgan fingerprint density at radius 2 is 1.93 bits per heavy atom. The van der Waals surface area contributed by atoms with Gasteiger partial charge >= 0.3 is 0 Å². The zero-order valence-electron chi connectivity index (χ0n) is 16.5. The van der Waals surface area contributed by atoms with E-state index in [2.05, 4.69) is 6.07 Å². The van der Waals surface area contributed by atoms with Crippen molar-refractivity contribution in [2.24, 2.45) is 0 Å². The number of hydrogen-bond donors (Lipinski definition) is 3. The molecule has 3 aromatic rings. The zero-order valence-corrected chi connectivity index (χ0v) is 16.5. The van der Waals surface area contributed by atoms with Gasteiger partial charge in [-0.05, 0) is 55.8 Å². The molecule has 7 heteroatoms. The minimum atomic E-state index is -1.29. The molecular weight excluding hydrogens is 386 g/mol. The van der Waals surface area contributed by atoms with Crippen LogP contribution < -0.4 is 4.74 Å². The molecule has 0 amide bonds. The molecule has 1 heterocycles. The van der Waals surface area contributed by atoms with Gasteiger partial charge in [0, 0.05) is 16.4 Å². The van der Waals surface area contributed by atoms with Crippen LogP contribution in [-0.2, 0) is 5.41 Å². The van der Waals surface area contributed by atoms with Crippen LogP contribution in [0.3, 0.4) is 0 Å². The first kappa shape index (κ1) is 20.1. The third-order valence-corrected chi connectivity index (χ3v) is 5.57. The number of ketones is 1. The Morgan fingerprint density at radius 3 is 2.63 bits per heavy atom. The van der Waals surface area contributed by atoms with E-state index in [-0.39, 0.29) is 12.4 Å². The van der Waals surface area contributed by atoms with Crippen LogP contribution >= 0.6 is 0 Å². The summed E-state index contributed by atoms with van der Waals surface area (Å²) in [6.07, 6.45) is -2.53. The van der Waals surface area contributed by atoms with E-state index < -0.39 is 24.2 Å². The van der Waals surface area contributed by atoms with Crippen LogP contribution in [0.1, 0.15) is 46.7 Å². The summed E-state index contributed by atoms with van der Waals surface area (Å²) in [4.78, 5) is 13.3. The number of nitriles is 1. The molecule has 0 fully saturated rings. The number of hydrogen-bond acceptors (Lipinski definition) is 7. The molecule has 1 aliphatic carbocycles. The number of aliphatic hydroxyl groups is 3. The van der Waals surface area contributed by atoms with Crippen LogP contribution in [0.2, 0.25) is 0 Å². The van der Waals surface area contributed by atoms with E-state index in [1.54, 1.807) is 36.4 Å². The van der Waals surface area contributed by atoms with E-state index in [4.69, 9.17) is 19.5 Å². The average Bonchev–Trinajstić information content (AvgIpc) is 3.15. The summed E-state index contributed by atoms with van der Waals surface area (Å²) in [5.41, 5.74) is 2.05. The Labute approximate surface area is 172 Å². The molecule has 0 saturated carbocycles. The molecule has 7 nitrogen and oxygen atoms in total. The highest BCUT2D eigenvalue weighted by molar-refractivity contribution is 6.19. The second-order valence-electron chi connectivity index (χ2n) is 7.92. The van der Waals surface area contributed by atoms with E-state index in [1.807, 2.05) is 13.8 Å². The fourth-order valence-corrected chi connectivity index (χ4v) is 3.83. The zero-order chi connectivity index (χ0) is 21.6. The van der Waals surface area contributed by atoms with Crippen LogP contribution in [0.4, 0.5) is 0 Å². The molecule has 0 aliphatic heterocycles. The number of nitrogens with zero attached hydrogens (tertiary/aromatic N) is 1. The number of furan rings is 1. The van der Waals surface area contributed by atoms with Crippen LogP contribution in [0.5, 0.6) is 5.75 Å². The minimum absolute atomic E-state index is 0.162. The first-order valence-electron chi connectivity index (χ1n) is 9.54. The van der Waals surface area contributed by atoms with Crippen molar-refractivity contribution in [3.63, 3.8) is 0 Å². The first-order valence-corrected chi connectivity index (χ1v) is 9.54. The van der Waals surface area contributed by atoms with Crippen molar-refractivity contribution in [2.75, 3.05) is 13.2 Å². The van der Waals surface area contributed by atoms with Crippen LogP contribution in [0.25, 0.3) is 11.0 Å². The first-order chi connectivity index (χ1) is 14.3. The Hall–Kier alpha value is -3.18. The lowest BCUT2D eigenvalue weighted by Gasteiger charge is -2.31. The van der Waals surface area contributed by atoms with E-state index in [0.29, 0.717) is 44.7 Å². The number of benzene rings is 2. The number of ether oxygens (including phenoxy) is 1. The van der Waals surface area contributed by atoms with E-state index in [9.17, 15) is 15.0 Å². The second-order valence-corrected chi connectivity index (χ2v) is 7.92. The maximum atomic E-state index is 13.3. The lowest BCUT2D eigenvalue weighted by atomic mass is 9.71. The van der Waals surface area contributed by atoms with Gasteiger partial charge in [0.15, 0.2) is 5.78 Å². The molecule has 0 spiro atoms. The molecule has 1 aliphatic rings. The van der Waals surface area contributed by atoms with Crippen molar-refractivity contribution in [1.29, 1.82) is 5.26 Å². The number of aliphatic hydroxyl groups excluding tert-OH is 3. The number of carbonyl (C=O) groups excluding carboxylic acids is 1. The second kappa shape index (κ2) is 7.26. The Kier molecular flexibility index (Phi) is 4.86. The van der Waals surface area contributed by atoms with Gasteiger partial charge in [-0.15, -0.1) is 0 Å². The molecule has 2 aromatic carbocycles. The van der Waals surface area contributed by atoms with Crippen molar-refractivity contribution in [3.8, 4) is 11.8 Å². The van der Waals surface area contributed by atoms with Gasteiger partial charge in [-0.1, -0.05) is 0 Å². The van der Waals surface area contributed by atoms with E-state index in [0.717, 1.165) is 0 Å². The fraction of sp³-hybridized carbons (Fsp3) is 0.304. The number of fused-ring (bicyclic) bond motifs is 4. The maximum Gasteiger partial charge on any atom is 0.197 e. The van der Waals surface area contributed by atoms with Gasteiger partial charge in [-0.2, -0.15) is 5.26 Å². The molecule has 30 heavy (non-hydrogen) atoms. The van der Waals surface area contributed by atoms with Crippen molar-refractivity contribution in [3.05, 3.63) is 64.4 Å². The van der Waals surface area contributed by atoms with Crippen molar-refractivity contribution in [1.82, 2.24) is 0 Å². The monoisotopic (exact) mass is 407 g/mol. The normalized spacial score (nSPS) is 16.5. The summed E-state index contributed by atoms with van der Waals surface area (Å²) in [6, 6.07) is 12.1. The van der Waals surface area contributed by atoms with Gasteiger partial charge in [0.1, 0.15) is 35.9 Å². The summed E-state index contributed by atoms with van der Waals surface area (Å²) < 4.78 is 11.6. The highest BCUT2D eigenvalue weighted by Crippen LogP contribution is 2.46. The minimum Gasteiger partial charge on any atom is -0.491 e. The lowest BCUT2D eigenvalue weighted by molar-refractivity contribution is -0.0339. The number of carbonyl (C=O) groups is 1. The Bertz CT molecular complexity index is 1190. The van der Waals surface area contributed by atoms with E-state index >= 15 is 0 Å². The highest BCUT2D eigenvalue weighted by Gasteiger charge is 2.41. The smallest absolute Gasteiger partial charge is 0.197 e. The standard InChI is InChI=1S/C23H21NO6/c1-23(2)16-8-13(29-11-18(27)17(26)10-25)4-6-14(16)21(28)20-15-5-3-12(9-24)7-19(15)30-22(20)23/h3-8,17-18,25-27H,10-11H2,1-2H3/t17-,18-/m1/s1. The van der Waals surface area contributed by atoms with Gasteiger partial charge in [-0.3, -0.25) is 4.79 Å². The Balaban J connectivity index is 1.75. The summed E-state index contributed by atoms with van der Waals surface area (Å²) in [5, 5.41) is 38.0. The largest absolute Gasteiger partial charge is 0.491 e. The lowest BCUT2D eigenvalue weighted by Crippen LogP contribution is -2.34. The van der Waals surface area contributed by atoms with Gasteiger partial charge in [-0.25, -0.2) is 0 Å². The summed E-state index contributed by atoms with van der Waals surface area (Å²) in [5.74, 6) is 0.785. The quantitative estimate of drug-likeness (QED) is 0.593. The van der Waals surface area contributed by atoms with Crippen LogP contribution in [0.15, 0.2) is 40.8 Å². The molecule has 0 bridgehead atoms. The maximum absolute atomic E-state index is 13.3. The molecule has 1 aromatic heterocycles. The highest BCUT2D eigenvalue weighted by atomic mass is 16.5. The van der Waals surface area contributed by atoms with Gasteiger partial charge in [0.05, 0.1) is 23.8 Å². The molecule has 0 radical (unpaired) electrons. The van der Waals surface area contributed by atoms with Crippen LogP contribution in [-0.4, -0.2) is 46.5 Å².